The third kappa shape index (κ3) is 6.53. The van der Waals surface area contributed by atoms with Gasteiger partial charge in [0.25, 0.3) is 5.91 Å². The van der Waals surface area contributed by atoms with Gasteiger partial charge in [0.05, 0.1) is 0 Å². The molecule has 5 nitrogen and oxygen atoms in total. The highest BCUT2D eigenvalue weighted by Gasteiger charge is 2.07. The summed E-state index contributed by atoms with van der Waals surface area (Å²) in [5.74, 6) is 0.525. The van der Waals surface area contributed by atoms with Crippen LogP contribution in [0, 0.1) is 0 Å². The summed E-state index contributed by atoms with van der Waals surface area (Å²) in [6, 6.07) is 8.87. The largest absolute Gasteiger partial charge is 0.385 e. The number of amides is 1. The fourth-order valence-corrected chi connectivity index (χ4v) is 2.74. The number of carbonyl (C=O) groups excluding carboxylic acids is 1. The number of ether oxygens (including phenoxy) is 1. The number of nitrogens with one attached hydrogen (secondary N) is 2. The third-order valence-electron chi connectivity index (χ3n) is 3.55. The lowest BCUT2D eigenvalue weighted by Gasteiger charge is -2.09. The summed E-state index contributed by atoms with van der Waals surface area (Å²) < 4.78 is 4.96. The van der Waals surface area contributed by atoms with Gasteiger partial charge in [0, 0.05) is 48.6 Å². The number of hydrogen-bond donors (Lipinski definition) is 2. The van der Waals surface area contributed by atoms with Crippen LogP contribution in [0.3, 0.4) is 0 Å². The molecule has 0 aliphatic heterocycles. The Balaban J connectivity index is 1.85. The monoisotopic (exact) mass is 381 g/mol. The highest BCUT2D eigenvalue weighted by atomic mass is 35.5. The number of methoxy groups -OCH3 is 1. The number of nitrogens with zero attached hydrogens (tertiary/aromatic N) is 1. The molecule has 0 saturated carbocycles. The summed E-state index contributed by atoms with van der Waals surface area (Å²) in [4.78, 5) is 16.3. The van der Waals surface area contributed by atoms with E-state index < -0.39 is 0 Å². The van der Waals surface area contributed by atoms with E-state index in [1.54, 1.807) is 31.5 Å². The maximum Gasteiger partial charge on any atom is 0.251 e. The zero-order valence-electron chi connectivity index (χ0n) is 14.0. The minimum absolute atomic E-state index is 0.123. The van der Waals surface area contributed by atoms with E-state index in [-0.39, 0.29) is 5.91 Å². The Hall–Kier alpha value is -1.82. The Kier molecular flexibility index (Phi) is 7.98. The number of aromatic nitrogens is 1. The first-order valence-electron chi connectivity index (χ1n) is 8.01. The lowest BCUT2D eigenvalue weighted by Crippen LogP contribution is -2.25. The van der Waals surface area contributed by atoms with Crippen LogP contribution in [-0.2, 0) is 11.2 Å². The molecule has 0 radical (unpaired) electrons. The van der Waals surface area contributed by atoms with Crippen molar-refractivity contribution in [3.05, 3.63) is 57.7 Å². The number of carbonyl (C=O) groups is 1. The van der Waals surface area contributed by atoms with Crippen LogP contribution in [0.2, 0.25) is 10.0 Å². The molecule has 134 valence electrons. The maximum absolute atomic E-state index is 12.1. The second kappa shape index (κ2) is 10.2. The number of pyridine rings is 1. The van der Waals surface area contributed by atoms with E-state index >= 15 is 0 Å². The Morgan fingerprint density at radius 3 is 2.80 bits per heavy atom. The SMILES string of the molecule is COCCCNC(=O)c1ccnc(NCCc2ccc(Cl)cc2Cl)c1. The van der Waals surface area contributed by atoms with Crippen LogP contribution in [0.4, 0.5) is 5.82 Å². The van der Waals surface area contributed by atoms with Gasteiger partial charge in [0.2, 0.25) is 0 Å². The van der Waals surface area contributed by atoms with Gasteiger partial charge in [-0.15, -0.1) is 0 Å². The van der Waals surface area contributed by atoms with Crippen LogP contribution in [-0.4, -0.2) is 37.7 Å². The Bertz CT molecular complexity index is 710. The molecule has 0 aliphatic rings. The summed E-state index contributed by atoms with van der Waals surface area (Å²) >= 11 is 12.1. The van der Waals surface area contributed by atoms with E-state index in [4.69, 9.17) is 27.9 Å². The molecule has 0 fully saturated rings. The van der Waals surface area contributed by atoms with Gasteiger partial charge in [-0.1, -0.05) is 29.3 Å². The highest BCUT2D eigenvalue weighted by molar-refractivity contribution is 6.35. The number of halogens is 2. The molecule has 0 atom stereocenters. The van der Waals surface area contributed by atoms with Gasteiger partial charge < -0.3 is 15.4 Å². The van der Waals surface area contributed by atoms with Crippen LogP contribution in [0.15, 0.2) is 36.5 Å². The fraction of sp³-hybridized carbons (Fsp3) is 0.333. The van der Waals surface area contributed by atoms with Crippen molar-refractivity contribution in [3.8, 4) is 0 Å². The van der Waals surface area contributed by atoms with E-state index in [0.717, 1.165) is 18.4 Å². The van der Waals surface area contributed by atoms with Gasteiger partial charge in [-0.25, -0.2) is 4.98 Å². The molecule has 2 rings (SSSR count). The van der Waals surface area contributed by atoms with E-state index in [0.29, 0.717) is 41.1 Å². The second-order valence-corrected chi connectivity index (χ2v) is 6.29. The van der Waals surface area contributed by atoms with Crippen molar-refractivity contribution < 1.29 is 9.53 Å². The minimum atomic E-state index is -0.123. The topological polar surface area (TPSA) is 63.2 Å². The molecule has 1 amide bonds. The minimum Gasteiger partial charge on any atom is -0.385 e. The number of benzene rings is 1. The molecular weight excluding hydrogens is 361 g/mol. The molecule has 1 aromatic heterocycles. The standard InChI is InChI=1S/C18H21Cl2N3O2/c1-25-10-2-7-23-18(24)14-6-9-22-17(11-14)21-8-5-13-3-4-15(19)12-16(13)20/h3-4,6,9,11-12H,2,5,7-8,10H2,1H3,(H,21,22)(H,23,24). The molecule has 0 saturated heterocycles. The van der Waals surface area contributed by atoms with Crippen molar-refractivity contribution >= 4 is 34.9 Å². The van der Waals surface area contributed by atoms with Gasteiger partial charge in [-0.05, 0) is 42.7 Å². The van der Waals surface area contributed by atoms with Crippen LogP contribution in [0.1, 0.15) is 22.3 Å². The average molecular weight is 382 g/mol. The maximum atomic E-state index is 12.1. The van der Waals surface area contributed by atoms with Gasteiger partial charge in [0.15, 0.2) is 0 Å². The zero-order valence-corrected chi connectivity index (χ0v) is 15.5. The predicted octanol–water partition coefficient (Wildman–Crippen LogP) is 3.81. The van der Waals surface area contributed by atoms with E-state index in [1.807, 2.05) is 12.1 Å². The van der Waals surface area contributed by atoms with Gasteiger partial charge >= 0.3 is 0 Å². The van der Waals surface area contributed by atoms with Crippen LogP contribution in [0.5, 0.6) is 0 Å². The van der Waals surface area contributed by atoms with E-state index in [9.17, 15) is 4.79 Å². The molecule has 25 heavy (non-hydrogen) atoms. The van der Waals surface area contributed by atoms with Gasteiger partial charge in [-0.3, -0.25) is 4.79 Å². The lowest BCUT2D eigenvalue weighted by molar-refractivity contribution is 0.0948. The quantitative estimate of drug-likeness (QED) is 0.648. The molecular formula is C18H21Cl2N3O2. The zero-order chi connectivity index (χ0) is 18.1. The first kappa shape index (κ1) is 19.5. The summed E-state index contributed by atoms with van der Waals surface area (Å²) in [6.45, 7) is 1.84. The van der Waals surface area contributed by atoms with Crippen LogP contribution in [0.25, 0.3) is 0 Å². The summed E-state index contributed by atoms with van der Waals surface area (Å²) in [5.41, 5.74) is 1.57. The van der Waals surface area contributed by atoms with Crippen LogP contribution < -0.4 is 10.6 Å². The Morgan fingerprint density at radius 1 is 1.20 bits per heavy atom. The first-order valence-corrected chi connectivity index (χ1v) is 8.76. The normalized spacial score (nSPS) is 10.5. The molecule has 2 aromatic rings. The number of anilines is 1. The van der Waals surface area contributed by atoms with Crippen molar-refractivity contribution in [3.63, 3.8) is 0 Å². The fourth-order valence-electron chi connectivity index (χ4n) is 2.24. The molecule has 7 heteroatoms. The molecule has 2 N–H and O–H groups in total. The number of rotatable bonds is 9. The van der Waals surface area contributed by atoms with E-state index in [2.05, 4.69) is 15.6 Å². The van der Waals surface area contributed by atoms with Gasteiger partial charge in [0.1, 0.15) is 5.82 Å². The van der Waals surface area contributed by atoms with Crippen molar-refractivity contribution in [2.75, 3.05) is 32.1 Å². The van der Waals surface area contributed by atoms with Gasteiger partial charge in [-0.2, -0.15) is 0 Å². The van der Waals surface area contributed by atoms with E-state index in [1.165, 1.54) is 0 Å². The smallest absolute Gasteiger partial charge is 0.251 e. The Morgan fingerprint density at radius 2 is 2.04 bits per heavy atom. The molecule has 0 unspecified atom stereocenters. The molecule has 1 aromatic carbocycles. The average Bonchev–Trinajstić information content (AvgIpc) is 2.61. The highest BCUT2D eigenvalue weighted by Crippen LogP contribution is 2.21. The van der Waals surface area contributed by atoms with Crippen molar-refractivity contribution in [1.29, 1.82) is 0 Å². The predicted molar refractivity (Wildman–Crippen MR) is 102 cm³/mol. The third-order valence-corrected chi connectivity index (χ3v) is 4.14. The summed E-state index contributed by atoms with van der Waals surface area (Å²) in [7, 11) is 1.64. The molecule has 0 aliphatic carbocycles. The first-order chi connectivity index (χ1) is 12.1. The molecule has 1 heterocycles. The second-order valence-electron chi connectivity index (χ2n) is 5.44. The van der Waals surface area contributed by atoms with Crippen molar-refractivity contribution in [1.82, 2.24) is 10.3 Å². The number of hydrogen-bond acceptors (Lipinski definition) is 4. The van der Waals surface area contributed by atoms with Crippen molar-refractivity contribution in [2.45, 2.75) is 12.8 Å². The van der Waals surface area contributed by atoms with Crippen LogP contribution >= 0.6 is 23.2 Å². The van der Waals surface area contributed by atoms with Crippen molar-refractivity contribution in [2.24, 2.45) is 0 Å². The summed E-state index contributed by atoms with van der Waals surface area (Å²) in [5, 5.41) is 7.32. The Labute approximate surface area is 157 Å². The summed E-state index contributed by atoms with van der Waals surface area (Å²) in [6.07, 6.45) is 3.12. The molecule has 0 spiro atoms. The lowest BCUT2D eigenvalue weighted by atomic mass is 10.1. The molecule has 0 bridgehead atoms.